The molecule has 1 fully saturated rings. The summed E-state index contributed by atoms with van der Waals surface area (Å²) in [5, 5.41) is 4.90. The van der Waals surface area contributed by atoms with Gasteiger partial charge in [0.15, 0.2) is 0 Å². The Morgan fingerprint density at radius 1 is 0.705 bits per heavy atom. The number of nitrogens with zero attached hydrogens (tertiary/aromatic N) is 1. The first-order valence-corrected chi connectivity index (χ1v) is 25.1. The van der Waals surface area contributed by atoms with E-state index in [-0.39, 0.29) is 17.7 Å². The second-order valence-corrected chi connectivity index (χ2v) is 21.5. The number of fused-ring (bicyclic) bond motifs is 1. The van der Waals surface area contributed by atoms with Crippen LogP contribution in [0.3, 0.4) is 0 Å². The summed E-state index contributed by atoms with van der Waals surface area (Å²) < 4.78 is 9.83. The zero-order chi connectivity index (χ0) is 42.5. The molecule has 4 nitrogen and oxygen atoms in total. The van der Waals surface area contributed by atoms with Crippen molar-refractivity contribution in [3.63, 3.8) is 0 Å². The molecule has 2 aromatic heterocycles. The van der Waals surface area contributed by atoms with Crippen LogP contribution in [0.2, 0.25) is 0 Å². The Morgan fingerprint density at radius 3 is 1.66 bits per heavy atom. The van der Waals surface area contributed by atoms with Crippen LogP contribution in [0.25, 0.3) is 33.0 Å². The van der Waals surface area contributed by atoms with E-state index >= 15 is 0 Å². The SMILES string of the molecule is CC=C1COCC1=CC(/C=C/c1ccc(-c2ccc(-c3ccc(/C=C/C)s3)c3c2C(=O)N(CC(C)C)C3=O)s1)=C([C]#[Os])[P+](c1ccccc1)(c1ccccc1)c1ccccc1. The number of thiophene rings is 2. The molecule has 2 amide bonds. The van der Waals surface area contributed by atoms with Crippen LogP contribution in [0.5, 0.6) is 0 Å². The average Bonchev–Trinajstić information content (AvgIpc) is 4.11. The number of amides is 2. The topological polar surface area (TPSA) is 46.6 Å². The summed E-state index contributed by atoms with van der Waals surface area (Å²) in [7, 11) is -2.49. The summed E-state index contributed by atoms with van der Waals surface area (Å²) >= 11 is 5.03. The number of imide groups is 1. The van der Waals surface area contributed by atoms with E-state index in [1.165, 1.54) is 26.4 Å². The molecule has 0 atom stereocenters. The van der Waals surface area contributed by atoms with Gasteiger partial charge < -0.3 is 0 Å². The van der Waals surface area contributed by atoms with E-state index in [2.05, 4.69) is 151 Å². The van der Waals surface area contributed by atoms with E-state index in [9.17, 15) is 9.59 Å². The van der Waals surface area contributed by atoms with Crippen molar-refractivity contribution in [3.05, 3.63) is 195 Å². The van der Waals surface area contributed by atoms with Gasteiger partial charge in [0.2, 0.25) is 0 Å². The third-order valence-corrected chi connectivity index (χ3v) is 18.5. The van der Waals surface area contributed by atoms with Crippen molar-refractivity contribution in [2.75, 3.05) is 19.8 Å². The molecule has 0 bridgehead atoms. The molecule has 4 aromatic carbocycles. The molecule has 6 aromatic rings. The molecule has 0 saturated carbocycles. The van der Waals surface area contributed by atoms with Crippen molar-refractivity contribution >= 4 is 69.8 Å². The van der Waals surface area contributed by atoms with Crippen LogP contribution in [0.15, 0.2) is 174 Å². The number of hydrogen-bond donors (Lipinski definition) is 0. The van der Waals surface area contributed by atoms with Crippen LogP contribution >= 0.6 is 29.9 Å². The maximum atomic E-state index is 14.3. The van der Waals surface area contributed by atoms with E-state index in [1.54, 1.807) is 40.6 Å². The molecule has 0 unspecified atom stereocenters. The summed E-state index contributed by atoms with van der Waals surface area (Å²) in [5.74, 6) is -0.300. The van der Waals surface area contributed by atoms with Crippen LogP contribution < -0.4 is 15.9 Å². The Kier molecular flexibility index (Phi) is 13.2. The summed E-state index contributed by atoms with van der Waals surface area (Å²) in [5.41, 5.74) is 6.01. The Labute approximate surface area is 377 Å². The first kappa shape index (κ1) is 42.6. The van der Waals surface area contributed by atoms with E-state index in [0.717, 1.165) is 47.1 Å². The molecule has 2 aliphatic heterocycles. The molecule has 0 N–H and O–H groups in total. The number of carbonyl (C=O) groups is 2. The van der Waals surface area contributed by atoms with Crippen LogP contribution in [-0.2, 0) is 22.7 Å². The van der Waals surface area contributed by atoms with Crippen molar-refractivity contribution in [3.8, 4) is 25.3 Å². The van der Waals surface area contributed by atoms with Gasteiger partial charge >= 0.3 is 297 Å². The van der Waals surface area contributed by atoms with E-state index < -0.39 is 7.26 Å². The Hall–Kier alpha value is -5.07. The van der Waals surface area contributed by atoms with Gasteiger partial charge in [-0.15, -0.1) is 11.3 Å². The molecule has 61 heavy (non-hydrogen) atoms. The normalized spacial score (nSPS) is 16.1. The maximum absolute atomic E-state index is 14.3. The number of benzene rings is 4. The first-order chi connectivity index (χ1) is 29.8. The van der Waals surface area contributed by atoms with Gasteiger partial charge in [0.25, 0.3) is 0 Å². The number of carbonyl (C=O) groups excluding carboxylic acids is 2. The predicted octanol–water partition coefficient (Wildman–Crippen LogP) is 12.1. The Morgan fingerprint density at radius 2 is 1.20 bits per heavy atom. The van der Waals surface area contributed by atoms with Gasteiger partial charge in [-0.1, -0.05) is 19.9 Å². The quantitative estimate of drug-likeness (QED) is 0.0697. The molecule has 305 valence electrons. The standard InChI is InChI=1S/C53H46NO3PS2.Os/c1-6-17-44-26-30-48(59-44)46-28-29-47(51-50(46)52(55)54(53(51)56)33-36(3)4)49-31-27-45(60-49)25-24-39(32-40-35-57-34-38(40)7-2)37(5)58(41-18-11-8-12-19-41,42-20-13-9-14-21-42)43-22-15-10-16-23-43;/h6-32,36H,33-35H2,1-4H3;/q+1;/b17-6+,25-24+,38-7?,39-37?,40-32?;. The van der Waals surface area contributed by atoms with Crippen molar-refractivity contribution < 1.29 is 32.3 Å². The third-order valence-electron chi connectivity index (χ3n) is 10.9. The van der Waals surface area contributed by atoms with Crippen molar-refractivity contribution in [1.29, 1.82) is 0 Å². The van der Waals surface area contributed by atoms with Crippen molar-refractivity contribution in [1.82, 2.24) is 4.90 Å². The van der Waals surface area contributed by atoms with Gasteiger partial charge in [0.1, 0.15) is 0 Å². The molecule has 1 saturated heterocycles. The average molecular weight is 1030 g/mol. The van der Waals surface area contributed by atoms with Crippen LogP contribution in [0, 0.1) is 10.3 Å². The first-order valence-electron chi connectivity index (χ1n) is 20.4. The van der Waals surface area contributed by atoms with Gasteiger partial charge in [-0.3, -0.25) is 4.79 Å². The predicted molar refractivity (Wildman–Crippen MR) is 256 cm³/mol. The van der Waals surface area contributed by atoms with Gasteiger partial charge in [-0.2, -0.15) is 0 Å². The molecule has 0 spiro atoms. The zero-order valence-electron chi connectivity index (χ0n) is 34.6. The van der Waals surface area contributed by atoms with Crippen LogP contribution in [0.1, 0.15) is 58.2 Å². The molecular formula is C53H46NO3OsPS2+. The fourth-order valence-corrected chi connectivity index (χ4v) is 16.0. The fourth-order valence-electron chi connectivity index (χ4n) is 8.20. The van der Waals surface area contributed by atoms with E-state index in [4.69, 9.17) is 4.74 Å². The van der Waals surface area contributed by atoms with Crippen molar-refractivity contribution in [2.24, 2.45) is 5.92 Å². The van der Waals surface area contributed by atoms with Gasteiger partial charge in [0.05, 0.1) is 0 Å². The Bertz CT molecular complexity index is 2710. The second kappa shape index (κ2) is 18.9. The van der Waals surface area contributed by atoms with Crippen molar-refractivity contribution in [2.45, 2.75) is 27.7 Å². The number of ether oxygens (including phenoxy) is 1. The summed E-state index contributed by atoms with van der Waals surface area (Å²) in [6.45, 7) is 9.64. The van der Waals surface area contributed by atoms with Crippen LogP contribution in [-0.4, -0.2) is 36.5 Å². The van der Waals surface area contributed by atoms with Crippen LogP contribution in [0.4, 0.5) is 0 Å². The van der Waals surface area contributed by atoms with E-state index in [0.29, 0.717) is 30.9 Å². The fraction of sp³-hybridized carbons (Fsp3) is 0.151. The second-order valence-electron chi connectivity index (χ2n) is 15.3. The molecule has 2 aliphatic rings. The number of hydrogen-bond acceptors (Lipinski definition) is 5. The molecule has 4 heterocycles. The summed E-state index contributed by atoms with van der Waals surface area (Å²) in [6.07, 6.45) is 12.9. The molecule has 8 rings (SSSR count). The van der Waals surface area contributed by atoms with Gasteiger partial charge in [-0.05, 0) is 31.1 Å². The van der Waals surface area contributed by atoms with Gasteiger partial charge in [-0.25, -0.2) is 0 Å². The third kappa shape index (κ3) is 8.33. The number of rotatable bonds is 12. The van der Waals surface area contributed by atoms with Gasteiger partial charge in [0, 0.05) is 16.3 Å². The molecule has 8 heteroatoms. The minimum atomic E-state index is -2.49. The van der Waals surface area contributed by atoms with E-state index in [1.807, 2.05) is 45.0 Å². The monoisotopic (exact) mass is 1030 g/mol. The summed E-state index contributed by atoms with van der Waals surface area (Å²) in [6, 6.07) is 45.0. The minimum absolute atomic E-state index is 0.141. The number of allylic oxidation sites excluding steroid dienone is 6. The summed E-state index contributed by atoms with van der Waals surface area (Å²) in [4.78, 5) is 33.9. The Balaban J connectivity index is 1.30. The molecular weight excluding hydrogens is 984 g/mol. The molecule has 0 aliphatic carbocycles. The molecule has 0 radical (unpaired) electrons. The zero-order valence-corrected chi connectivity index (χ0v) is 39.6.